The molecule has 0 bridgehead atoms. The molecular formula is C6H13IZn. The average Bonchev–Trinajstić information content (AvgIpc) is 1.69. The van der Waals surface area contributed by atoms with Gasteiger partial charge in [-0.25, -0.2) is 0 Å². The van der Waals surface area contributed by atoms with Gasteiger partial charge in [-0.2, -0.15) is 0 Å². The molecule has 0 spiro atoms. The Labute approximate surface area is 79.5 Å². The van der Waals surface area contributed by atoms with Gasteiger partial charge in [0, 0.05) is 0 Å². The van der Waals surface area contributed by atoms with E-state index in [1.165, 1.54) is 49.0 Å². The zero-order valence-electron chi connectivity index (χ0n) is 5.62. The molecule has 46 valence electrons. The van der Waals surface area contributed by atoms with Crippen LogP contribution in [0.25, 0.3) is 0 Å². The van der Waals surface area contributed by atoms with Gasteiger partial charge in [-0.3, -0.25) is 0 Å². The van der Waals surface area contributed by atoms with Gasteiger partial charge in [0.15, 0.2) is 0 Å². The number of hydrogen-bond donors (Lipinski definition) is 0. The van der Waals surface area contributed by atoms with Crippen LogP contribution in [0.4, 0.5) is 0 Å². The second kappa shape index (κ2) is 11.2. The Kier molecular flexibility index (Phi) is 16.9. The van der Waals surface area contributed by atoms with Crippen LogP contribution in [0.2, 0.25) is 5.02 Å². The van der Waals surface area contributed by atoms with Crippen molar-refractivity contribution in [1.82, 2.24) is 0 Å². The monoisotopic (exact) mass is 276 g/mol. The van der Waals surface area contributed by atoms with Gasteiger partial charge in [0.1, 0.15) is 0 Å². The Morgan fingerprint density at radius 3 is 2.12 bits per heavy atom. The van der Waals surface area contributed by atoms with E-state index in [1.54, 1.807) is 0 Å². The van der Waals surface area contributed by atoms with Crippen molar-refractivity contribution >= 4 is 0 Å². The molecule has 0 unspecified atom stereocenters. The first-order valence-corrected chi connectivity index (χ1v) is 5.31. The third-order valence-electron chi connectivity index (χ3n) is 1.10. The van der Waals surface area contributed by atoms with E-state index in [-0.39, 0.29) is 24.0 Å². The largest absolute Gasteiger partial charge is 1.00 e. The quantitative estimate of drug-likeness (QED) is 0.370. The zero-order chi connectivity index (χ0) is 5.54. The van der Waals surface area contributed by atoms with Crippen molar-refractivity contribution in [3.8, 4) is 0 Å². The number of hydrogen-bond acceptors (Lipinski definition) is 0. The van der Waals surface area contributed by atoms with Gasteiger partial charge in [-0.1, -0.05) is 0 Å². The third-order valence-corrected chi connectivity index (χ3v) is 2.15. The number of halogens is 1. The molecule has 0 aliphatic rings. The molecule has 0 aromatic rings. The predicted molar refractivity (Wildman–Crippen MR) is 28.9 cm³/mol. The molecule has 0 fully saturated rings. The summed E-state index contributed by atoms with van der Waals surface area (Å²) in [6.45, 7) is 2.26. The van der Waals surface area contributed by atoms with E-state index >= 15 is 0 Å². The van der Waals surface area contributed by atoms with Gasteiger partial charge in [0.05, 0.1) is 0 Å². The second-order valence-electron chi connectivity index (χ2n) is 1.91. The summed E-state index contributed by atoms with van der Waals surface area (Å²) in [5.41, 5.74) is 0. The summed E-state index contributed by atoms with van der Waals surface area (Å²) in [6.07, 6.45) is 5.77. The molecule has 0 rings (SSSR count). The molecule has 0 heterocycles. The molecule has 0 saturated carbocycles. The van der Waals surface area contributed by atoms with Crippen LogP contribution in [0.5, 0.6) is 0 Å². The van der Waals surface area contributed by atoms with Crippen molar-refractivity contribution < 1.29 is 42.3 Å². The second-order valence-corrected chi connectivity index (χ2v) is 3.40. The Morgan fingerprint density at radius 1 is 1.12 bits per heavy atom. The summed E-state index contributed by atoms with van der Waals surface area (Å²) in [5, 5.41) is 1.49. The molecule has 2 heteroatoms. The topological polar surface area (TPSA) is 0 Å². The van der Waals surface area contributed by atoms with Gasteiger partial charge in [-0.05, 0) is 0 Å². The van der Waals surface area contributed by atoms with E-state index in [1.807, 2.05) is 0 Å². The van der Waals surface area contributed by atoms with E-state index in [9.17, 15) is 0 Å². The maximum Gasteiger partial charge on any atom is -1.00 e. The van der Waals surface area contributed by atoms with Crippen molar-refractivity contribution in [1.29, 1.82) is 0 Å². The van der Waals surface area contributed by atoms with Crippen LogP contribution in [0, 0.1) is 0 Å². The van der Waals surface area contributed by atoms with Gasteiger partial charge in [0.25, 0.3) is 0 Å². The first-order valence-electron chi connectivity index (χ1n) is 3.21. The Morgan fingerprint density at radius 2 is 1.75 bits per heavy atom. The maximum absolute atomic E-state index is 2.26. The van der Waals surface area contributed by atoms with Crippen molar-refractivity contribution in [3.63, 3.8) is 0 Å². The van der Waals surface area contributed by atoms with E-state index in [4.69, 9.17) is 0 Å². The average molecular weight is 277 g/mol. The molecule has 0 atom stereocenters. The van der Waals surface area contributed by atoms with E-state index in [2.05, 4.69) is 6.92 Å². The molecule has 0 nitrogen and oxygen atoms in total. The van der Waals surface area contributed by atoms with E-state index in [0.29, 0.717) is 0 Å². The minimum Gasteiger partial charge on any atom is -1.00 e. The third kappa shape index (κ3) is 10.4. The summed E-state index contributed by atoms with van der Waals surface area (Å²) in [7, 11) is 0. The summed E-state index contributed by atoms with van der Waals surface area (Å²) in [5.74, 6) is 0. The van der Waals surface area contributed by atoms with E-state index in [0.717, 1.165) is 0 Å². The van der Waals surface area contributed by atoms with Crippen molar-refractivity contribution in [2.75, 3.05) is 0 Å². The molecule has 0 N–H and O–H groups in total. The first kappa shape index (κ1) is 12.1. The molecule has 0 aliphatic heterocycles. The molecule has 0 aromatic heterocycles. The fourth-order valence-corrected chi connectivity index (χ4v) is 1.35. The minimum absolute atomic E-state index is 0. The Bertz CT molecular complexity index is 27.7. The summed E-state index contributed by atoms with van der Waals surface area (Å²) >= 11 is 1.49. The van der Waals surface area contributed by atoms with Gasteiger partial charge >= 0.3 is 55.9 Å². The summed E-state index contributed by atoms with van der Waals surface area (Å²) in [6, 6.07) is 0. The summed E-state index contributed by atoms with van der Waals surface area (Å²) in [4.78, 5) is 0. The molecule has 8 heavy (non-hydrogen) atoms. The standard InChI is InChI=1S/C6H13.HI.Zn/c1-3-5-6-4-2;;/h1,3-6H2,2H3;1H;/q;;+1/p-1. The van der Waals surface area contributed by atoms with Crippen LogP contribution in [-0.2, 0) is 18.3 Å². The van der Waals surface area contributed by atoms with Crippen LogP contribution >= 0.6 is 0 Å². The smallest absolute Gasteiger partial charge is 1.00 e. The zero-order valence-corrected chi connectivity index (χ0v) is 10.7. The molecular weight excluding hydrogens is 264 g/mol. The number of unbranched alkanes of at least 4 members (excludes halogenated alkanes) is 3. The van der Waals surface area contributed by atoms with Crippen molar-refractivity contribution in [2.45, 2.75) is 37.6 Å². The number of rotatable bonds is 4. The normalized spacial score (nSPS) is 8.38. The van der Waals surface area contributed by atoms with Gasteiger partial charge < -0.3 is 24.0 Å². The molecule has 0 amide bonds. The minimum atomic E-state index is 0. The van der Waals surface area contributed by atoms with Crippen LogP contribution in [0.15, 0.2) is 0 Å². The molecule has 0 aromatic carbocycles. The van der Waals surface area contributed by atoms with Gasteiger partial charge in [-0.15, -0.1) is 0 Å². The Balaban J connectivity index is 0. The fourth-order valence-electron chi connectivity index (χ4n) is 0.604. The van der Waals surface area contributed by atoms with Crippen molar-refractivity contribution in [2.24, 2.45) is 0 Å². The van der Waals surface area contributed by atoms with Crippen LogP contribution in [0.1, 0.15) is 32.6 Å². The van der Waals surface area contributed by atoms with Crippen LogP contribution in [-0.4, -0.2) is 0 Å². The summed E-state index contributed by atoms with van der Waals surface area (Å²) < 4.78 is 0. The molecule has 0 radical (unpaired) electrons. The maximum atomic E-state index is 2.26. The fraction of sp³-hybridized carbons (Fsp3) is 1.00. The predicted octanol–water partition coefficient (Wildman–Crippen LogP) is -0.464. The van der Waals surface area contributed by atoms with Crippen molar-refractivity contribution in [3.05, 3.63) is 0 Å². The van der Waals surface area contributed by atoms with Crippen LogP contribution < -0.4 is 24.0 Å². The molecule has 0 saturated heterocycles. The first-order chi connectivity index (χ1) is 3.41. The van der Waals surface area contributed by atoms with Gasteiger partial charge in [0.2, 0.25) is 0 Å². The Hall–Kier alpha value is 1.35. The SMILES string of the molecule is CCCCC[CH2][Zn+].[I-]. The van der Waals surface area contributed by atoms with E-state index < -0.39 is 0 Å². The van der Waals surface area contributed by atoms with Crippen LogP contribution in [0.3, 0.4) is 0 Å². The molecule has 0 aliphatic carbocycles.